The molecule has 4 nitrogen and oxygen atoms in total. The van der Waals surface area contributed by atoms with Crippen LogP contribution in [0, 0.1) is 90.0 Å². The smallest absolute Gasteiger partial charge is 0.0737 e. The lowest BCUT2D eigenvalue weighted by Gasteiger charge is -2.17. The second-order valence-corrected chi connectivity index (χ2v) is 16.2. The van der Waals surface area contributed by atoms with Gasteiger partial charge in [0.2, 0.25) is 0 Å². The number of aromatic nitrogens is 4. The molecule has 0 saturated carbocycles. The van der Waals surface area contributed by atoms with E-state index in [-0.39, 0.29) is 0 Å². The van der Waals surface area contributed by atoms with Crippen molar-refractivity contribution in [1.29, 1.82) is 0 Å². The van der Waals surface area contributed by atoms with Crippen LogP contribution in [0.2, 0.25) is 0 Å². The van der Waals surface area contributed by atoms with Crippen LogP contribution in [-0.2, 0) is 0 Å². The van der Waals surface area contributed by atoms with Crippen LogP contribution in [-0.4, -0.2) is 19.9 Å². The normalized spacial score (nSPS) is 12.3. The van der Waals surface area contributed by atoms with Gasteiger partial charge in [-0.05, 0) is 228 Å². The van der Waals surface area contributed by atoms with Crippen LogP contribution in [0.1, 0.15) is 95.1 Å². The summed E-state index contributed by atoms with van der Waals surface area (Å²) in [7, 11) is 0. The zero-order chi connectivity index (χ0) is 39.2. The fourth-order valence-corrected chi connectivity index (χ4v) is 8.91. The number of hydrogen-bond donors (Lipinski definition) is 2. The first-order valence-electron chi connectivity index (χ1n) is 19.5. The van der Waals surface area contributed by atoms with E-state index in [2.05, 4.69) is 167 Å². The van der Waals surface area contributed by atoms with Crippen LogP contribution < -0.4 is 0 Å². The molecule has 0 atom stereocenters. The van der Waals surface area contributed by atoms with Crippen LogP contribution in [0.5, 0.6) is 0 Å². The highest BCUT2D eigenvalue weighted by atomic mass is 14.8. The van der Waals surface area contributed by atoms with Crippen LogP contribution in [0.25, 0.3) is 79.8 Å². The lowest BCUT2D eigenvalue weighted by atomic mass is 9.89. The molecule has 6 aromatic rings. The fraction of sp³-hybridized carbons (Fsp3) is 0.255. The number of H-pyrrole nitrogens is 2. The standard InChI is InChI=1S/C51H52N4/c1-25-22-26(2)32(8)46(31(25)7)49-40-16-14-38(52-40)37(13)39-15-17-41(53-39)50(47-33(9)27(3)23-28(4)34(47)10)43-19-21-45(55-43)51(44-20-18-42(49)54-44)48-35(11)29(5)24-30(6)36(48)12/h14-24,52,55H,1-13H3. The summed E-state index contributed by atoms with van der Waals surface area (Å²) in [6.07, 6.45) is 8.81. The van der Waals surface area contributed by atoms with Gasteiger partial charge < -0.3 is 9.97 Å². The summed E-state index contributed by atoms with van der Waals surface area (Å²) in [5.74, 6) is 0. The average molecular weight is 721 g/mol. The number of rotatable bonds is 3. The van der Waals surface area contributed by atoms with Gasteiger partial charge in [0.15, 0.2) is 0 Å². The number of benzene rings is 3. The van der Waals surface area contributed by atoms with E-state index < -0.39 is 0 Å². The molecular weight excluding hydrogens is 669 g/mol. The summed E-state index contributed by atoms with van der Waals surface area (Å²) in [6.45, 7) is 29.0. The van der Waals surface area contributed by atoms with Crippen molar-refractivity contribution in [2.45, 2.75) is 90.0 Å². The van der Waals surface area contributed by atoms with Gasteiger partial charge in [-0.3, -0.25) is 0 Å². The number of aromatic amines is 2. The van der Waals surface area contributed by atoms with Crippen LogP contribution >= 0.6 is 0 Å². The molecule has 5 heterocycles. The van der Waals surface area contributed by atoms with Gasteiger partial charge in [0.05, 0.1) is 22.8 Å². The van der Waals surface area contributed by atoms with E-state index in [1.807, 2.05) is 0 Å². The van der Waals surface area contributed by atoms with Crippen molar-refractivity contribution in [2.75, 3.05) is 0 Å². The molecule has 0 radical (unpaired) electrons. The third-order valence-corrected chi connectivity index (χ3v) is 12.9. The second-order valence-electron chi connectivity index (χ2n) is 16.2. The van der Waals surface area contributed by atoms with Crippen LogP contribution in [0.4, 0.5) is 0 Å². The number of nitrogens with zero attached hydrogens (tertiary/aromatic N) is 2. The first-order valence-corrected chi connectivity index (χ1v) is 19.5. The van der Waals surface area contributed by atoms with Crippen LogP contribution in [0.3, 0.4) is 0 Å². The Morgan fingerprint density at radius 2 is 0.545 bits per heavy atom. The van der Waals surface area contributed by atoms with Gasteiger partial charge in [-0.25, -0.2) is 9.97 Å². The van der Waals surface area contributed by atoms with Crippen molar-refractivity contribution in [3.05, 3.63) is 138 Å². The highest BCUT2D eigenvalue weighted by molar-refractivity contribution is 6.00. The zero-order valence-electron chi connectivity index (χ0n) is 34.7. The molecule has 0 spiro atoms. The van der Waals surface area contributed by atoms with Gasteiger partial charge in [0.25, 0.3) is 0 Å². The molecule has 8 bridgehead atoms. The average Bonchev–Trinajstić information content (AvgIpc) is 3.99. The summed E-state index contributed by atoms with van der Waals surface area (Å²) < 4.78 is 0. The van der Waals surface area contributed by atoms with Gasteiger partial charge in [-0.2, -0.15) is 0 Å². The summed E-state index contributed by atoms with van der Waals surface area (Å²) in [4.78, 5) is 18.9. The Labute approximate surface area is 326 Å². The van der Waals surface area contributed by atoms with Crippen molar-refractivity contribution in [3.8, 4) is 33.4 Å². The number of fused-ring (bicyclic) bond motifs is 8. The van der Waals surface area contributed by atoms with Crippen molar-refractivity contribution in [1.82, 2.24) is 19.9 Å². The van der Waals surface area contributed by atoms with Gasteiger partial charge in [0.1, 0.15) is 0 Å². The molecule has 0 aliphatic carbocycles. The highest BCUT2D eigenvalue weighted by Gasteiger charge is 2.23. The minimum Gasteiger partial charge on any atom is -0.355 e. The number of hydrogen-bond acceptors (Lipinski definition) is 2. The lowest BCUT2D eigenvalue weighted by molar-refractivity contribution is 1.22. The zero-order valence-corrected chi connectivity index (χ0v) is 34.7. The SMILES string of the molecule is Cc1cc(C)c(C)c(-c2c3nc(c(-c4c(C)c(C)cc(C)c4C)c4ccc([nH]4)c(-c4c(C)c(C)cc(C)c4C)c4nc(c(C)c5ccc2[nH]5)C=C4)C=C3)c1C. The maximum absolute atomic E-state index is 5.62. The molecule has 3 aromatic heterocycles. The molecule has 3 aromatic carbocycles. The maximum Gasteiger partial charge on any atom is 0.0737 e. The predicted molar refractivity (Wildman–Crippen MR) is 237 cm³/mol. The molecule has 276 valence electrons. The lowest BCUT2D eigenvalue weighted by Crippen LogP contribution is -1.99. The Bertz CT molecular complexity index is 2740. The van der Waals surface area contributed by atoms with Gasteiger partial charge in [-0.1, -0.05) is 18.2 Å². The topological polar surface area (TPSA) is 57.4 Å². The largest absolute Gasteiger partial charge is 0.355 e. The Hall–Kier alpha value is -5.74. The minimum absolute atomic E-state index is 0.951. The number of aryl methyl sites for hydroxylation is 7. The molecule has 0 unspecified atom stereocenters. The molecule has 2 aliphatic rings. The Morgan fingerprint density at radius 3 is 0.873 bits per heavy atom. The fourth-order valence-electron chi connectivity index (χ4n) is 8.91. The quantitative estimate of drug-likeness (QED) is 0.191. The Kier molecular flexibility index (Phi) is 8.72. The Morgan fingerprint density at radius 1 is 0.291 bits per heavy atom. The molecule has 55 heavy (non-hydrogen) atoms. The van der Waals surface area contributed by atoms with E-state index in [1.54, 1.807) is 0 Å². The molecule has 4 heteroatoms. The first-order chi connectivity index (χ1) is 26.2. The van der Waals surface area contributed by atoms with Gasteiger partial charge >= 0.3 is 0 Å². The van der Waals surface area contributed by atoms with E-state index in [0.29, 0.717) is 0 Å². The van der Waals surface area contributed by atoms with Gasteiger partial charge in [-0.15, -0.1) is 0 Å². The minimum atomic E-state index is 0.951. The van der Waals surface area contributed by atoms with E-state index in [0.717, 1.165) is 67.1 Å². The molecule has 0 fully saturated rings. The predicted octanol–water partition coefficient (Wildman–Crippen LogP) is 13.7. The Balaban J connectivity index is 1.64. The first kappa shape index (κ1) is 36.2. The molecule has 2 aliphatic heterocycles. The summed E-state index contributed by atoms with van der Waals surface area (Å²) >= 11 is 0. The van der Waals surface area contributed by atoms with Crippen molar-refractivity contribution in [3.63, 3.8) is 0 Å². The van der Waals surface area contributed by atoms with Crippen molar-refractivity contribution < 1.29 is 0 Å². The van der Waals surface area contributed by atoms with Crippen molar-refractivity contribution in [2.24, 2.45) is 0 Å². The van der Waals surface area contributed by atoms with Crippen LogP contribution in [0.15, 0.2) is 42.5 Å². The van der Waals surface area contributed by atoms with E-state index in [4.69, 9.17) is 9.97 Å². The summed E-state index contributed by atoms with van der Waals surface area (Å²) in [5.41, 5.74) is 31.5. The van der Waals surface area contributed by atoms with E-state index in [1.165, 1.54) is 83.5 Å². The third kappa shape index (κ3) is 5.73. The molecular formula is C51H52N4. The summed E-state index contributed by atoms with van der Waals surface area (Å²) in [6, 6.07) is 15.8. The van der Waals surface area contributed by atoms with E-state index >= 15 is 0 Å². The highest BCUT2D eigenvalue weighted by Crippen LogP contribution is 2.43. The molecule has 0 amide bonds. The van der Waals surface area contributed by atoms with Crippen molar-refractivity contribution >= 4 is 46.4 Å². The van der Waals surface area contributed by atoms with E-state index in [9.17, 15) is 0 Å². The monoisotopic (exact) mass is 720 g/mol. The summed E-state index contributed by atoms with van der Waals surface area (Å²) in [5, 5.41) is 0. The maximum atomic E-state index is 5.62. The third-order valence-electron chi connectivity index (χ3n) is 12.9. The number of nitrogens with one attached hydrogen (secondary N) is 2. The molecule has 0 saturated heterocycles. The second kappa shape index (κ2) is 13.2. The molecule has 2 N–H and O–H groups in total. The molecule has 8 rings (SSSR count). The van der Waals surface area contributed by atoms with Gasteiger partial charge in [0, 0.05) is 38.8 Å².